The quantitative estimate of drug-likeness (QED) is 0.772. The van der Waals surface area contributed by atoms with Crippen molar-refractivity contribution in [3.05, 3.63) is 29.8 Å². The van der Waals surface area contributed by atoms with Crippen molar-refractivity contribution in [2.24, 2.45) is 5.41 Å². The lowest BCUT2D eigenvalue weighted by atomic mass is 9.78. The lowest BCUT2D eigenvalue weighted by Gasteiger charge is -2.37. The van der Waals surface area contributed by atoms with Gasteiger partial charge < -0.3 is 9.80 Å². The van der Waals surface area contributed by atoms with Crippen molar-refractivity contribution < 1.29 is 0 Å². The maximum atomic E-state index is 2.61. The zero-order chi connectivity index (χ0) is 15.1. The predicted molar refractivity (Wildman–Crippen MR) is 91.1 cm³/mol. The molecule has 21 heavy (non-hydrogen) atoms. The lowest BCUT2D eigenvalue weighted by molar-refractivity contribution is 0.142. The van der Waals surface area contributed by atoms with Crippen LogP contribution in [-0.2, 0) is 5.41 Å². The van der Waals surface area contributed by atoms with Crippen LogP contribution in [-0.4, -0.2) is 38.1 Å². The molecule has 2 nitrogen and oxygen atoms in total. The molecule has 0 amide bonds. The molecule has 0 aromatic heterocycles. The molecule has 2 aliphatic heterocycles. The molecule has 0 atom stereocenters. The van der Waals surface area contributed by atoms with Crippen LogP contribution in [0.15, 0.2) is 24.3 Å². The van der Waals surface area contributed by atoms with Crippen molar-refractivity contribution in [1.29, 1.82) is 0 Å². The molecule has 0 bridgehead atoms. The van der Waals surface area contributed by atoms with Gasteiger partial charge in [-0.1, -0.05) is 32.9 Å². The number of piperidine rings is 1. The van der Waals surface area contributed by atoms with Crippen LogP contribution in [0.3, 0.4) is 0 Å². The van der Waals surface area contributed by atoms with Gasteiger partial charge in [-0.15, -0.1) is 0 Å². The number of benzene rings is 1. The second kappa shape index (κ2) is 5.31. The standard InChI is InChI=1S/C19H30N2/c1-18(2,3)16-5-7-17(8-6-16)21-14-11-19(15-21)9-12-20(4)13-10-19/h5-8H,9-15H2,1-4H3. The molecule has 1 aromatic carbocycles. The molecule has 2 saturated heterocycles. The molecule has 3 rings (SSSR count). The summed E-state index contributed by atoms with van der Waals surface area (Å²) in [6.07, 6.45) is 4.13. The van der Waals surface area contributed by atoms with E-state index in [0.29, 0.717) is 5.41 Å². The van der Waals surface area contributed by atoms with E-state index in [4.69, 9.17) is 0 Å². The Morgan fingerprint density at radius 3 is 2.05 bits per heavy atom. The summed E-state index contributed by atoms with van der Waals surface area (Å²) in [5.41, 5.74) is 3.69. The van der Waals surface area contributed by atoms with Gasteiger partial charge in [0, 0.05) is 18.8 Å². The average molecular weight is 286 g/mol. The smallest absolute Gasteiger partial charge is 0.0366 e. The van der Waals surface area contributed by atoms with Gasteiger partial charge in [-0.05, 0) is 67.9 Å². The first kappa shape index (κ1) is 14.9. The second-order valence-electron chi connectivity index (χ2n) is 8.27. The highest BCUT2D eigenvalue weighted by Crippen LogP contribution is 2.41. The summed E-state index contributed by atoms with van der Waals surface area (Å²) in [5, 5.41) is 0. The van der Waals surface area contributed by atoms with E-state index in [2.05, 4.69) is 61.9 Å². The Morgan fingerprint density at radius 2 is 1.48 bits per heavy atom. The zero-order valence-electron chi connectivity index (χ0n) is 14.2. The Hall–Kier alpha value is -1.02. The minimum absolute atomic E-state index is 0.249. The third kappa shape index (κ3) is 3.11. The Kier molecular flexibility index (Phi) is 3.77. The maximum absolute atomic E-state index is 2.61. The first-order chi connectivity index (χ1) is 9.88. The Labute approximate surface area is 130 Å². The van der Waals surface area contributed by atoms with Gasteiger partial charge in [-0.3, -0.25) is 0 Å². The third-order valence-electron chi connectivity index (χ3n) is 5.58. The minimum Gasteiger partial charge on any atom is -0.371 e. The summed E-state index contributed by atoms with van der Waals surface area (Å²) < 4.78 is 0. The van der Waals surface area contributed by atoms with Crippen LogP contribution in [0.2, 0.25) is 0 Å². The highest BCUT2D eigenvalue weighted by molar-refractivity contribution is 5.50. The minimum atomic E-state index is 0.249. The molecule has 2 heterocycles. The van der Waals surface area contributed by atoms with Gasteiger partial charge >= 0.3 is 0 Å². The van der Waals surface area contributed by atoms with Crippen molar-refractivity contribution >= 4 is 5.69 Å². The van der Waals surface area contributed by atoms with Crippen molar-refractivity contribution in [3.63, 3.8) is 0 Å². The van der Waals surface area contributed by atoms with E-state index in [1.807, 2.05) is 0 Å². The highest BCUT2D eigenvalue weighted by Gasteiger charge is 2.39. The molecular formula is C19H30N2. The van der Waals surface area contributed by atoms with Crippen LogP contribution in [0.5, 0.6) is 0 Å². The number of hydrogen-bond donors (Lipinski definition) is 0. The van der Waals surface area contributed by atoms with Crippen LogP contribution in [0.25, 0.3) is 0 Å². The van der Waals surface area contributed by atoms with E-state index in [-0.39, 0.29) is 5.41 Å². The molecule has 2 fully saturated rings. The number of anilines is 1. The van der Waals surface area contributed by atoms with Gasteiger partial charge in [0.2, 0.25) is 0 Å². The molecule has 0 N–H and O–H groups in total. The van der Waals surface area contributed by atoms with Crippen molar-refractivity contribution in [2.45, 2.75) is 45.4 Å². The van der Waals surface area contributed by atoms with Gasteiger partial charge in [0.1, 0.15) is 0 Å². The summed E-state index contributed by atoms with van der Waals surface area (Å²) in [6.45, 7) is 11.9. The maximum Gasteiger partial charge on any atom is 0.0366 e. The topological polar surface area (TPSA) is 6.48 Å². The van der Waals surface area contributed by atoms with Gasteiger partial charge in [0.25, 0.3) is 0 Å². The third-order valence-corrected chi connectivity index (χ3v) is 5.58. The molecule has 1 spiro atoms. The Bertz CT molecular complexity index is 475. The van der Waals surface area contributed by atoms with Gasteiger partial charge in [-0.2, -0.15) is 0 Å². The average Bonchev–Trinajstić information content (AvgIpc) is 2.86. The van der Waals surface area contributed by atoms with E-state index < -0.39 is 0 Å². The number of nitrogens with zero attached hydrogens (tertiary/aromatic N) is 2. The molecular weight excluding hydrogens is 256 g/mol. The van der Waals surface area contributed by atoms with Crippen molar-refractivity contribution in [1.82, 2.24) is 4.90 Å². The fourth-order valence-corrected chi connectivity index (χ4v) is 3.83. The first-order valence-corrected chi connectivity index (χ1v) is 8.42. The molecule has 0 radical (unpaired) electrons. The van der Waals surface area contributed by atoms with Crippen LogP contribution in [0.1, 0.15) is 45.6 Å². The number of rotatable bonds is 1. The molecule has 116 valence electrons. The van der Waals surface area contributed by atoms with E-state index in [0.717, 1.165) is 0 Å². The summed E-state index contributed by atoms with van der Waals surface area (Å²) in [5.74, 6) is 0. The molecule has 1 aromatic rings. The molecule has 0 unspecified atom stereocenters. The molecule has 2 heteroatoms. The fourth-order valence-electron chi connectivity index (χ4n) is 3.83. The number of hydrogen-bond acceptors (Lipinski definition) is 2. The number of likely N-dealkylation sites (tertiary alicyclic amines) is 1. The fraction of sp³-hybridized carbons (Fsp3) is 0.684. The summed E-state index contributed by atoms with van der Waals surface area (Å²) >= 11 is 0. The van der Waals surface area contributed by atoms with Crippen molar-refractivity contribution in [3.8, 4) is 0 Å². The normalized spacial score (nSPS) is 23.0. The van der Waals surface area contributed by atoms with Crippen LogP contribution in [0.4, 0.5) is 5.69 Å². The van der Waals surface area contributed by atoms with Crippen molar-refractivity contribution in [2.75, 3.05) is 38.1 Å². The van der Waals surface area contributed by atoms with Crippen LogP contribution < -0.4 is 4.90 Å². The van der Waals surface area contributed by atoms with E-state index in [9.17, 15) is 0 Å². The van der Waals surface area contributed by atoms with Gasteiger partial charge in [0.05, 0.1) is 0 Å². The van der Waals surface area contributed by atoms with E-state index in [1.54, 1.807) is 0 Å². The molecule has 0 saturated carbocycles. The van der Waals surface area contributed by atoms with E-state index in [1.165, 1.54) is 56.7 Å². The van der Waals surface area contributed by atoms with Gasteiger partial charge in [0.15, 0.2) is 0 Å². The SMILES string of the molecule is CN1CCC2(CC1)CCN(c1ccc(C(C)(C)C)cc1)C2. The predicted octanol–water partition coefficient (Wildman–Crippen LogP) is 3.91. The molecule has 0 aliphatic carbocycles. The van der Waals surface area contributed by atoms with Gasteiger partial charge in [-0.25, -0.2) is 0 Å². The molecule has 2 aliphatic rings. The Balaban J connectivity index is 1.69. The zero-order valence-corrected chi connectivity index (χ0v) is 14.2. The van der Waals surface area contributed by atoms with Crippen LogP contribution >= 0.6 is 0 Å². The van der Waals surface area contributed by atoms with Crippen LogP contribution in [0, 0.1) is 5.41 Å². The first-order valence-electron chi connectivity index (χ1n) is 8.42. The largest absolute Gasteiger partial charge is 0.371 e. The highest BCUT2D eigenvalue weighted by atomic mass is 15.2. The lowest BCUT2D eigenvalue weighted by Crippen LogP contribution is -2.39. The summed E-state index contributed by atoms with van der Waals surface area (Å²) in [4.78, 5) is 5.09. The summed E-state index contributed by atoms with van der Waals surface area (Å²) in [6, 6.07) is 9.28. The Morgan fingerprint density at radius 1 is 0.905 bits per heavy atom. The van der Waals surface area contributed by atoms with E-state index >= 15 is 0 Å². The second-order valence-corrected chi connectivity index (χ2v) is 8.27. The summed E-state index contributed by atoms with van der Waals surface area (Å²) in [7, 11) is 2.25. The monoisotopic (exact) mass is 286 g/mol.